The molecule has 1 aromatic heterocycles. The highest BCUT2D eigenvalue weighted by atomic mass is 32.1. The second-order valence-corrected chi connectivity index (χ2v) is 6.70. The van der Waals surface area contributed by atoms with Gasteiger partial charge in [-0.25, -0.2) is 4.79 Å². The lowest BCUT2D eigenvalue weighted by atomic mass is 9.93. The van der Waals surface area contributed by atoms with E-state index in [2.05, 4.69) is 0 Å². The molecule has 3 rings (SSSR count). The number of aliphatic carboxylic acids is 1. The van der Waals surface area contributed by atoms with E-state index >= 15 is 0 Å². The summed E-state index contributed by atoms with van der Waals surface area (Å²) in [6.45, 7) is 0.277. The number of amides is 1. The first-order valence-electron chi connectivity index (χ1n) is 7.72. The monoisotopic (exact) mass is 343 g/mol. The molecule has 124 valence electrons. The van der Waals surface area contributed by atoms with Gasteiger partial charge in [0.1, 0.15) is 6.04 Å². The minimum absolute atomic E-state index is 0.0304. The summed E-state index contributed by atoms with van der Waals surface area (Å²) in [5.74, 6) is -1.38. The second kappa shape index (κ2) is 6.97. The topological polar surface area (TPSA) is 74.7 Å². The van der Waals surface area contributed by atoms with E-state index in [0.29, 0.717) is 11.3 Å². The molecule has 1 atom stereocenters. The van der Waals surface area contributed by atoms with E-state index < -0.39 is 12.0 Å². The number of carboxylic acid groups (broad SMARTS) is 1. The fourth-order valence-corrected chi connectivity index (χ4v) is 3.62. The van der Waals surface area contributed by atoms with E-state index in [1.165, 1.54) is 16.2 Å². The maximum absolute atomic E-state index is 12.5. The average Bonchev–Trinajstić information content (AvgIpc) is 3.12. The first-order valence-corrected chi connectivity index (χ1v) is 8.60. The third-order valence-corrected chi connectivity index (χ3v) is 5.13. The van der Waals surface area contributed by atoms with E-state index in [9.17, 15) is 19.5 Å². The molecule has 0 bridgehead atoms. The summed E-state index contributed by atoms with van der Waals surface area (Å²) in [6.07, 6.45) is 0.433. The fraction of sp³-hybridized carbons (Fsp3) is 0.278. The van der Waals surface area contributed by atoms with Crippen molar-refractivity contribution >= 4 is 29.0 Å². The molecule has 1 aliphatic heterocycles. The van der Waals surface area contributed by atoms with E-state index in [4.69, 9.17) is 0 Å². The number of ketones is 1. The Morgan fingerprint density at radius 3 is 2.50 bits per heavy atom. The smallest absolute Gasteiger partial charge is 0.326 e. The van der Waals surface area contributed by atoms with Crippen molar-refractivity contribution in [3.63, 3.8) is 0 Å². The Balaban J connectivity index is 1.70. The zero-order valence-electron chi connectivity index (χ0n) is 13.0. The number of nitrogens with zero attached hydrogens (tertiary/aromatic N) is 1. The van der Waals surface area contributed by atoms with Crippen molar-refractivity contribution in [2.24, 2.45) is 0 Å². The molecule has 6 heteroatoms. The maximum atomic E-state index is 12.5. The molecular weight excluding hydrogens is 326 g/mol. The van der Waals surface area contributed by atoms with Crippen LogP contribution in [0.1, 0.15) is 33.6 Å². The number of Topliss-reactive ketones (excluding diaryl/α,β-unsaturated/α-hetero) is 1. The third kappa shape index (κ3) is 3.38. The van der Waals surface area contributed by atoms with E-state index in [1.807, 2.05) is 29.6 Å². The van der Waals surface area contributed by atoms with Crippen molar-refractivity contribution in [3.8, 4) is 0 Å². The van der Waals surface area contributed by atoms with Crippen LogP contribution in [0.5, 0.6) is 0 Å². The van der Waals surface area contributed by atoms with Crippen LogP contribution in [0.25, 0.3) is 0 Å². The highest BCUT2D eigenvalue weighted by molar-refractivity contribution is 7.12. The Bertz CT molecular complexity index is 769. The Labute approximate surface area is 143 Å². The van der Waals surface area contributed by atoms with E-state index in [1.54, 1.807) is 12.1 Å². The van der Waals surface area contributed by atoms with Gasteiger partial charge in [0.2, 0.25) is 5.91 Å². The van der Waals surface area contributed by atoms with Crippen molar-refractivity contribution in [2.45, 2.75) is 31.8 Å². The van der Waals surface area contributed by atoms with E-state index in [-0.39, 0.29) is 31.1 Å². The Hall–Kier alpha value is -2.47. The fourth-order valence-electron chi connectivity index (χ4n) is 2.93. The Morgan fingerprint density at radius 2 is 1.83 bits per heavy atom. The molecule has 0 aliphatic carbocycles. The van der Waals surface area contributed by atoms with Gasteiger partial charge in [-0.15, -0.1) is 11.3 Å². The lowest BCUT2D eigenvalue weighted by Crippen LogP contribution is -2.48. The molecule has 24 heavy (non-hydrogen) atoms. The van der Waals surface area contributed by atoms with Crippen molar-refractivity contribution in [1.29, 1.82) is 0 Å². The van der Waals surface area contributed by atoms with Crippen LogP contribution < -0.4 is 0 Å². The number of carbonyl (C=O) groups is 3. The SMILES string of the molecule is O=C(CCC(=O)N1Cc2ccccc2C[C@@H]1C(=O)O)c1cccs1. The lowest BCUT2D eigenvalue weighted by molar-refractivity contribution is -0.151. The minimum Gasteiger partial charge on any atom is -0.480 e. The summed E-state index contributed by atoms with van der Waals surface area (Å²) in [4.78, 5) is 38.1. The van der Waals surface area contributed by atoms with Crippen LogP contribution in [0.15, 0.2) is 41.8 Å². The van der Waals surface area contributed by atoms with Crippen LogP contribution in [0.2, 0.25) is 0 Å². The predicted octanol–water partition coefficient (Wildman–Crippen LogP) is 2.75. The van der Waals surface area contributed by atoms with Gasteiger partial charge in [0, 0.05) is 25.8 Å². The highest BCUT2D eigenvalue weighted by Gasteiger charge is 2.34. The first-order chi connectivity index (χ1) is 11.6. The number of carbonyl (C=O) groups excluding carboxylic acids is 2. The number of hydrogen-bond acceptors (Lipinski definition) is 4. The molecule has 0 radical (unpaired) electrons. The van der Waals surface area contributed by atoms with Crippen LogP contribution in [0, 0.1) is 0 Å². The van der Waals surface area contributed by atoms with Crippen LogP contribution in [-0.2, 0) is 22.6 Å². The van der Waals surface area contributed by atoms with Gasteiger partial charge in [0.15, 0.2) is 5.78 Å². The van der Waals surface area contributed by atoms with Gasteiger partial charge in [0.25, 0.3) is 0 Å². The molecule has 0 saturated carbocycles. The quantitative estimate of drug-likeness (QED) is 0.847. The van der Waals surface area contributed by atoms with Crippen LogP contribution >= 0.6 is 11.3 Å². The third-order valence-electron chi connectivity index (χ3n) is 4.22. The van der Waals surface area contributed by atoms with Crippen molar-refractivity contribution < 1.29 is 19.5 Å². The van der Waals surface area contributed by atoms with Crippen molar-refractivity contribution in [2.75, 3.05) is 0 Å². The molecular formula is C18H17NO4S. The molecule has 0 saturated heterocycles. The van der Waals surface area contributed by atoms with Crippen molar-refractivity contribution in [3.05, 3.63) is 57.8 Å². The molecule has 1 aliphatic rings. The lowest BCUT2D eigenvalue weighted by Gasteiger charge is -2.34. The summed E-state index contributed by atoms with van der Waals surface area (Å²) in [5, 5.41) is 11.3. The highest BCUT2D eigenvalue weighted by Crippen LogP contribution is 2.24. The molecule has 1 aromatic carbocycles. The van der Waals surface area contributed by atoms with Gasteiger partial charge < -0.3 is 10.0 Å². The Kier molecular flexibility index (Phi) is 4.76. The van der Waals surface area contributed by atoms with Crippen molar-refractivity contribution in [1.82, 2.24) is 4.90 Å². The molecule has 1 N–H and O–H groups in total. The largest absolute Gasteiger partial charge is 0.480 e. The molecule has 2 aromatic rings. The number of rotatable bonds is 5. The predicted molar refractivity (Wildman–Crippen MR) is 90.0 cm³/mol. The van der Waals surface area contributed by atoms with Crippen LogP contribution in [-0.4, -0.2) is 33.7 Å². The summed E-state index contributed by atoms with van der Waals surface area (Å²) in [7, 11) is 0. The molecule has 2 heterocycles. The average molecular weight is 343 g/mol. The van der Waals surface area contributed by atoms with Gasteiger partial charge in [-0.2, -0.15) is 0 Å². The van der Waals surface area contributed by atoms with Gasteiger partial charge in [0.05, 0.1) is 4.88 Å². The zero-order chi connectivity index (χ0) is 17.1. The summed E-state index contributed by atoms with van der Waals surface area (Å²) < 4.78 is 0. The summed E-state index contributed by atoms with van der Waals surface area (Å²) in [6, 6.07) is 10.2. The number of hydrogen-bond donors (Lipinski definition) is 1. The molecule has 5 nitrogen and oxygen atoms in total. The minimum atomic E-state index is -1.01. The van der Waals surface area contributed by atoms with Crippen LogP contribution in [0.3, 0.4) is 0 Å². The maximum Gasteiger partial charge on any atom is 0.326 e. The second-order valence-electron chi connectivity index (χ2n) is 5.75. The van der Waals surface area contributed by atoms with Gasteiger partial charge >= 0.3 is 5.97 Å². The van der Waals surface area contributed by atoms with Gasteiger partial charge in [-0.3, -0.25) is 9.59 Å². The summed E-state index contributed by atoms with van der Waals surface area (Å²) >= 11 is 1.35. The normalized spacial score (nSPS) is 16.5. The molecule has 0 fully saturated rings. The standard InChI is InChI=1S/C18H17NO4S/c20-15(16-6-3-9-24-16)7-8-17(21)19-11-13-5-2-1-4-12(13)10-14(19)18(22)23/h1-6,9,14H,7-8,10-11H2,(H,22,23)/t14-/m1/s1. The van der Waals surface area contributed by atoms with Gasteiger partial charge in [-0.1, -0.05) is 30.3 Å². The van der Waals surface area contributed by atoms with Gasteiger partial charge in [-0.05, 0) is 22.6 Å². The zero-order valence-corrected chi connectivity index (χ0v) is 13.8. The van der Waals surface area contributed by atoms with Crippen LogP contribution in [0.4, 0.5) is 0 Å². The molecule has 0 spiro atoms. The number of fused-ring (bicyclic) bond motifs is 1. The summed E-state index contributed by atoms with van der Waals surface area (Å²) in [5.41, 5.74) is 1.93. The van der Waals surface area contributed by atoms with E-state index in [0.717, 1.165) is 11.1 Å². The Morgan fingerprint density at radius 1 is 1.08 bits per heavy atom. The number of thiophene rings is 1. The number of benzene rings is 1. The molecule has 1 amide bonds. The first kappa shape index (κ1) is 16.4. The number of carboxylic acids is 1. The molecule has 0 unspecified atom stereocenters.